The molecule has 32 heavy (non-hydrogen) atoms. The fraction of sp³-hybridized carbons (Fsp3) is 0.455. The van der Waals surface area contributed by atoms with Crippen molar-refractivity contribution >= 4 is 23.6 Å². The van der Waals surface area contributed by atoms with Crippen molar-refractivity contribution in [3.05, 3.63) is 47.5 Å². The van der Waals surface area contributed by atoms with Gasteiger partial charge < -0.3 is 30.5 Å². The van der Waals surface area contributed by atoms with E-state index in [9.17, 15) is 9.59 Å². The molecule has 0 saturated carbocycles. The van der Waals surface area contributed by atoms with Crippen molar-refractivity contribution in [1.82, 2.24) is 25.5 Å². The third-order valence-electron chi connectivity index (χ3n) is 5.82. The highest BCUT2D eigenvalue weighted by molar-refractivity contribution is 5.93. The molecule has 1 saturated heterocycles. The second kappa shape index (κ2) is 9.39. The molecule has 0 radical (unpaired) electrons. The van der Waals surface area contributed by atoms with Crippen LogP contribution in [0.5, 0.6) is 0 Å². The summed E-state index contributed by atoms with van der Waals surface area (Å²) in [6.07, 6.45) is 9.61. The van der Waals surface area contributed by atoms with Gasteiger partial charge in [0.15, 0.2) is 12.4 Å². The molecule has 1 aromatic heterocycles. The van der Waals surface area contributed by atoms with Crippen molar-refractivity contribution in [2.75, 3.05) is 57.1 Å². The van der Waals surface area contributed by atoms with Crippen LogP contribution in [-0.2, 0) is 14.3 Å². The van der Waals surface area contributed by atoms with E-state index in [0.717, 1.165) is 43.3 Å². The van der Waals surface area contributed by atoms with Crippen LogP contribution >= 0.6 is 0 Å². The lowest BCUT2D eigenvalue weighted by Crippen LogP contribution is -2.46. The molecular weight excluding hydrogens is 410 g/mol. The summed E-state index contributed by atoms with van der Waals surface area (Å²) in [7, 11) is 3.27. The Morgan fingerprint density at radius 3 is 2.84 bits per heavy atom. The molecule has 0 bridgehead atoms. The van der Waals surface area contributed by atoms with E-state index in [-0.39, 0.29) is 36.1 Å². The minimum atomic E-state index is -0.288. The van der Waals surface area contributed by atoms with E-state index in [1.807, 2.05) is 31.3 Å². The van der Waals surface area contributed by atoms with Gasteiger partial charge in [-0.2, -0.15) is 4.98 Å². The third kappa shape index (κ3) is 4.59. The number of aryl methyl sites for hydroxylation is 1. The number of nitrogens with zero attached hydrogens (tertiary/aromatic N) is 4. The first-order valence-corrected chi connectivity index (χ1v) is 10.7. The summed E-state index contributed by atoms with van der Waals surface area (Å²) in [6.45, 7) is 5.35. The molecule has 3 N–H and O–H groups in total. The number of nitrogens with one attached hydrogen (secondary N) is 3. The van der Waals surface area contributed by atoms with Gasteiger partial charge in [-0.15, -0.1) is 0 Å². The average molecular weight is 440 g/mol. The number of carbonyl (C=O) groups is 2. The molecule has 170 valence electrons. The van der Waals surface area contributed by atoms with E-state index >= 15 is 0 Å². The fourth-order valence-electron chi connectivity index (χ4n) is 3.90. The van der Waals surface area contributed by atoms with Crippen LogP contribution in [0.1, 0.15) is 5.56 Å². The third-order valence-corrected chi connectivity index (χ3v) is 5.82. The number of hydrogen-bond donors (Lipinski definition) is 3. The van der Waals surface area contributed by atoms with E-state index in [4.69, 9.17) is 9.72 Å². The Labute approximate surface area is 187 Å². The van der Waals surface area contributed by atoms with Crippen molar-refractivity contribution in [3.8, 4) is 0 Å². The summed E-state index contributed by atoms with van der Waals surface area (Å²) in [6, 6.07) is -0.108. The molecule has 1 aromatic rings. The molecule has 3 heterocycles. The topological polar surface area (TPSA) is 112 Å². The van der Waals surface area contributed by atoms with E-state index < -0.39 is 0 Å². The Kier molecular flexibility index (Phi) is 6.40. The highest BCUT2D eigenvalue weighted by Gasteiger charge is 2.34. The summed E-state index contributed by atoms with van der Waals surface area (Å²) in [4.78, 5) is 37.1. The predicted octanol–water partition coefficient (Wildman–Crippen LogP) is 0.164. The maximum atomic E-state index is 12.6. The molecular formula is C22H29N7O3. The smallest absolute Gasteiger partial charge is 0.288 e. The Bertz CT molecular complexity index is 982. The lowest BCUT2D eigenvalue weighted by molar-refractivity contribution is -0.134. The number of fused-ring (bicyclic) bond motifs is 1. The summed E-state index contributed by atoms with van der Waals surface area (Å²) in [5, 5.41) is 9.23. The van der Waals surface area contributed by atoms with Crippen LogP contribution in [0.4, 0.5) is 11.8 Å². The highest BCUT2D eigenvalue weighted by atomic mass is 16.5. The molecule has 10 heteroatoms. The van der Waals surface area contributed by atoms with Gasteiger partial charge in [-0.25, -0.2) is 4.98 Å². The quantitative estimate of drug-likeness (QED) is 0.575. The first-order valence-electron chi connectivity index (χ1n) is 10.7. The van der Waals surface area contributed by atoms with Crippen LogP contribution in [0.2, 0.25) is 0 Å². The van der Waals surface area contributed by atoms with Gasteiger partial charge in [0.2, 0.25) is 5.95 Å². The Morgan fingerprint density at radius 1 is 1.31 bits per heavy atom. The molecule has 1 aliphatic carbocycles. The van der Waals surface area contributed by atoms with Gasteiger partial charge in [0.05, 0.1) is 6.04 Å². The lowest BCUT2D eigenvalue weighted by Gasteiger charge is -2.36. The number of hydrogen-bond acceptors (Lipinski definition) is 8. The van der Waals surface area contributed by atoms with Crippen LogP contribution in [0.3, 0.4) is 0 Å². The van der Waals surface area contributed by atoms with Crippen LogP contribution in [0.25, 0.3) is 0 Å². The minimum absolute atomic E-state index is 0.0836. The summed E-state index contributed by atoms with van der Waals surface area (Å²) < 4.78 is 5.48. The van der Waals surface area contributed by atoms with Crippen molar-refractivity contribution in [2.24, 2.45) is 5.92 Å². The zero-order valence-electron chi connectivity index (χ0n) is 18.6. The number of amides is 2. The molecule has 2 aliphatic heterocycles. The molecule has 4 rings (SSSR count). The zero-order chi connectivity index (χ0) is 22.7. The molecule has 0 aromatic carbocycles. The van der Waals surface area contributed by atoms with Crippen molar-refractivity contribution < 1.29 is 14.3 Å². The van der Waals surface area contributed by atoms with Crippen molar-refractivity contribution in [3.63, 3.8) is 0 Å². The van der Waals surface area contributed by atoms with Crippen LogP contribution in [0.15, 0.2) is 42.0 Å². The first-order chi connectivity index (χ1) is 15.5. The molecule has 2 unspecified atom stereocenters. The lowest BCUT2D eigenvalue weighted by atomic mass is 9.89. The normalized spacial score (nSPS) is 22.7. The number of aromatic nitrogens is 2. The van der Waals surface area contributed by atoms with Gasteiger partial charge in [0.1, 0.15) is 5.82 Å². The Hall–Kier alpha value is -3.40. The van der Waals surface area contributed by atoms with E-state index in [1.165, 1.54) is 7.05 Å². The number of carbonyl (C=O) groups excluding carboxylic acids is 2. The average Bonchev–Trinajstić information content (AvgIpc) is 2.82. The molecule has 1 fully saturated rings. The maximum Gasteiger partial charge on any atom is 0.288 e. The zero-order valence-corrected chi connectivity index (χ0v) is 18.6. The van der Waals surface area contributed by atoms with Crippen molar-refractivity contribution in [1.29, 1.82) is 0 Å². The van der Waals surface area contributed by atoms with E-state index in [2.05, 4.69) is 25.8 Å². The van der Waals surface area contributed by atoms with Gasteiger partial charge in [0, 0.05) is 63.6 Å². The number of ether oxygens (including phenoxy) is 1. The van der Waals surface area contributed by atoms with Crippen LogP contribution in [-0.4, -0.2) is 79.6 Å². The van der Waals surface area contributed by atoms with E-state index in [1.54, 1.807) is 18.0 Å². The van der Waals surface area contributed by atoms with Gasteiger partial charge in [-0.3, -0.25) is 9.59 Å². The monoisotopic (exact) mass is 439 g/mol. The van der Waals surface area contributed by atoms with Gasteiger partial charge in [-0.1, -0.05) is 12.2 Å². The van der Waals surface area contributed by atoms with Crippen LogP contribution < -0.4 is 20.9 Å². The number of likely N-dealkylation sites (N-methyl/N-ethyl adjacent to an activating group) is 2. The molecule has 0 spiro atoms. The first kappa shape index (κ1) is 21.8. The predicted molar refractivity (Wildman–Crippen MR) is 121 cm³/mol. The molecule has 3 aliphatic rings. The molecule has 2 atom stereocenters. The Balaban J connectivity index is 1.52. The number of allylic oxidation sites excluding steroid dienone is 1. The SMILES string of the molecule is CNC(=O)COC1=CC2C=C(Nc3nc(N4CCNCC4)ncc3C)C=CC2N(C)C1=O. The van der Waals surface area contributed by atoms with Crippen LogP contribution in [0, 0.1) is 12.8 Å². The highest BCUT2D eigenvalue weighted by Crippen LogP contribution is 2.30. The second-order valence-corrected chi connectivity index (χ2v) is 8.02. The summed E-state index contributed by atoms with van der Waals surface area (Å²) >= 11 is 0. The minimum Gasteiger partial charge on any atom is -0.478 e. The molecule has 2 amide bonds. The largest absolute Gasteiger partial charge is 0.478 e. The number of anilines is 2. The standard InChI is InChI=1S/C22H29N7O3/c1-14-12-25-22(29-8-6-24-7-9-29)27-20(14)26-16-4-5-17-15(10-16)11-18(21(31)28(17)3)32-13-19(30)23-2/h4-5,10-12,15,17,24H,6-9,13H2,1-3H3,(H,23,30)(H,25,26,27). The number of rotatable bonds is 6. The number of piperazine rings is 1. The van der Waals surface area contributed by atoms with Gasteiger partial charge >= 0.3 is 0 Å². The van der Waals surface area contributed by atoms with Gasteiger partial charge in [-0.05, 0) is 19.1 Å². The van der Waals surface area contributed by atoms with E-state index in [0.29, 0.717) is 5.95 Å². The fourth-order valence-corrected chi connectivity index (χ4v) is 3.90. The molecule has 10 nitrogen and oxygen atoms in total. The Morgan fingerprint density at radius 2 is 2.09 bits per heavy atom. The summed E-state index contributed by atoms with van der Waals surface area (Å²) in [5.41, 5.74) is 1.82. The van der Waals surface area contributed by atoms with Crippen molar-refractivity contribution in [2.45, 2.75) is 13.0 Å². The maximum absolute atomic E-state index is 12.6. The second-order valence-electron chi connectivity index (χ2n) is 8.02. The van der Waals surface area contributed by atoms with Gasteiger partial charge in [0.25, 0.3) is 11.8 Å². The summed E-state index contributed by atoms with van der Waals surface area (Å²) in [5.74, 6) is 1.04.